The molecule has 0 bridgehead atoms. The summed E-state index contributed by atoms with van der Waals surface area (Å²) in [6, 6.07) is 12.6. The Bertz CT molecular complexity index is 837. The number of ether oxygens (including phenoxy) is 1. The molecule has 1 aliphatic rings. The average Bonchev–Trinajstić information content (AvgIpc) is 2.82. The third kappa shape index (κ3) is 7.81. The Labute approximate surface area is 209 Å². The van der Waals surface area contributed by atoms with Crippen LogP contribution < -0.4 is 20.3 Å². The molecule has 1 unspecified atom stereocenters. The summed E-state index contributed by atoms with van der Waals surface area (Å²) in [6.45, 7) is 8.03. The van der Waals surface area contributed by atoms with Gasteiger partial charge in [0.15, 0.2) is 5.96 Å². The molecule has 1 atom stereocenters. The molecule has 1 aromatic heterocycles. The summed E-state index contributed by atoms with van der Waals surface area (Å²) in [7, 11) is 5.67. The van der Waals surface area contributed by atoms with Gasteiger partial charge in [-0.15, -0.1) is 24.0 Å². The molecule has 2 N–H and O–H groups in total. The van der Waals surface area contributed by atoms with Gasteiger partial charge in [-0.3, -0.25) is 4.99 Å². The summed E-state index contributed by atoms with van der Waals surface area (Å²) in [6.07, 6.45) is 2.92. The Kier molecular flexibility index (Phi) is 11.0. The highest BCUT2D eigenvalue weighted by Crippen LogP contribution is 2.21. The molecule has 32 heavy (non-hydrogen) atoms. The van der Waals surface area contributed by atoms with E-state index in [1.807, 2.05) is 25.4 Å². The van der Waals surface area contributed by atoms with Crippen molar-refractivity contribution < 1.29 is 4.74 Å². The zero-order chi connectivity index (χ0) is 22.1. The maximum absolute atomic E-state index is 5.24. The number of guanidine groups is 1. The van der Waals surface area contributed by atoms with Gasteiger partial charge in [-0.25, -0.2) is 4.98 Å². The Morgan fingerprint density at radius 3 is 2.50 bits per heavy atom. The standard InChI is InChI=1S/C24H36N6O.HI/c1-19(21-5-7-22(31-4)8-6-21)9-11-27-24(25-2)28-18-20-10-12-26-23(17-20)30-15-13-29(3)14-16-30;/h5-8,10,12,17,19H,9,11,13-16,18H2,1-4H3,(H2,25,27,28);1H. The van der Waals surface area contributed by atoms with Crippen LogP contribution in [0.3, 0.4) is 0 Å². The van der Waals surface area contributed by atoms with Crippen LogP contribution in [0.25, 0.3) is 0 Å². The minimum atomic E-state index is 0. The number of anilines is 1. The van der Waals surface area contributed by atoms with Crippen LogP contribution in [0.2, 0.25) is 0 Å². The first-order chi connectivity index (χ1) is 15.1. The van der Waals surface area contributed by atoms with Crippen molar-refractivity contribution in [2.45, 2.75) is 25.8 Å². The third-order valence-corrected chi connectivity index (χ3v) is 5.88. The number of halogens is 1. The topological polar surface area (TPSA) is 65.0 Å². The predicted molar refractivity (Wildman–Crippen MR) is 144 cm³/mol. The van der Waals surface area contributed by atoms with Crippen molar-refractivity contribution in [3.05, 3.63) is 53.7 Å². The van der Waals surface area contributed by atoms with Gasteiger partial charge in [0.2, 0.25) is 0 Å². The summed E-state index contributed by atoms with van der Waals surface area (Å²) in [5, 5.41) is 6.85. The number of nitrogens with zero attached hydrogens (tertiary/aromatic N) is 4. The van der Waals surface area contributed by atoms with Gasteiger partial charge < -0.3 is 25.2 Å². The summed E-state index contributed by atoms with van der Waals surface area (Å²) >= 11 is 0. The molecule has 2 heterocycles. The molecule has 1 aliphatic heterocycles. The van der Waals surface area contributed by atoms with E-state index in [2.05, 4.69) is 68.6 Å². The van der Waals surface area contributed by atoms with Crippen molar-refractivity contribution in [2.75, 3.05) is 58.8 Å². The number of hydrogen-bond donors (Lipinski definition) is 2. The molecular formula is C24H37IN6O. The van der Waals surface area contributed by atoms with E-state index in [-0.39, 0.29) is 24.0 Å². The summed E-state index contributed by atoms with van der Waals surface area (Å²) in [5.74, 6) is 3.23. The van der Waals surface area contributed by atoms with Gasteiger partial charge in [-0.05, 0) is 54.8 Å². The molecule has 0 aliphatic carbocycles. The monoisotopic (exact) mass is 552 g/mol. The molecule has 0 saturated carbocycles. The second-order valence-electron chi connectivity index (χ2n) is 8.13. The predicted octanol–water partition coefficient (Wildman–Crippen LogP) is 3.32. The van der Waals surface area contributed by atoms with E-state index in [1.54, 1.807) is 7.11 Å². The number of methoxy groups -OCH3 is 1. The molecule has 0 amide bonds. The summed E-state index contributed by atoms with van der Waals surface area (Å²) in [5.41, 5.74) is 2.53. The van der Waals surface area contributed by atoms with Crippen LogP contribution in [-0.4, -0.2) is 69.8 Å². The van der Waals surface area contributed by atoms with Gasteiger partial charge in [-0.1, -0.05) is 19.1 Å². The van der Waals surface area contributed by atoms with Crippen LogP contribution in [0.1, 0.15) is 30.4 Å². The van der Waals surface area contributed by atoms with Crippen molar-refractivity contribution in [2.24, 2.45) is 4.99 Å². The van der Waals surface area contributed by atoms with E-state index in [9.17, 15) is 0 Å². The minimum Gasteiger partial charge on any atom is -0.497 e. The van der Waals surface area contributed by atoms with Crippen LogP contribution in [-0.2, 0) is 6.54 Å². The molecule has 0 radical (unpaired) electrons. The molecule has 3 rings (SSSR count). The lowest BCUT2D eigenvalue weighted by atomic mass is 9.98. The first-order valence-electron chi connectivity index (χ1n) is 11.1. The molecule has 8 heteroatoms. The lowest BCUT2D eigenvalue weighted by molar-refractivity contribution is 0.312. The smallest absolute Gasteiger partial charge is 0.191 e. The molecule has 0 spiro atoms. The summed E-state index contributed by atoms with van der Waals surface area (Å²) in [4.78, 5) is 13.6. The number of benzene rings is 1. The Balaban J connectivity index is 0.00000363. The highest BCUT2D eigenvalue weighted by molar-refractivity contribution is 14.0. The van der Waals surface area contributed by atoms with Gasteiger partial charge in [0.25, 0.3) is 0 Å². The molecule has 176 valence electrons. The number of likely N-dealkylation sites (N-methyl/N-ethyl adjacent to an activating group) is 1. The van der Waals surface area contributed by atoms with Gasteiger partial charge in [0.1, 0.15) is 11.6 Å². The second kappa shape index (κ2) is 13.5. The van der Waals surface area contributed by atoms with Crippen molar-refractivity contribution in [3.63, 3.8) is 0 Å². The highest BCUT2D eigenvalue weighted by atomic mass is 127. The largest absolute Gasteiger partial charge is 0.497 e. The van der Waals surface area contributed by atoms with Gasteiger partial charge in [0.05, 0.1) is 7.11 Å². The third-order valence-electron chi connectivity index (χ3n) is 5.88. The SMILES string of the molecule is CN=C(NCCC(C)c1ccc(OC)cc1)NCc1ccnc(N2CCN(C)CC2)c1.I. The number of pyridine rings is 1. The number of aliphatic imine (C=N–C) groups is 1. The van der Waals surface area contributed by atoms with E-state index in [4.69, 9.17) is 4.74 Å². The number of aromatic nitrogens is 1. The minimum absolute atomic E-state index is 0. The second-order valence-corrected chi connectivity index (χ2v) is 8.13. The van der Waals surface area contributed by atoms with E-state index >= 15 is 0 Å². The molecule has 1 fully saturated rings. The zero-order valence-corrected chi connectivity index (χ0v) is 22.0. The molecule has 1 aromatic carbocycles. The lowest BCUT2D eigenvalue weighted by Crippen LogP contribution is -2.44. The van der Waals surface area contributed by atoms with Crippen molar-refractivity contribution >= 4 is 35.8 Å². The number of piperazine rings is 1. The average molecular weight is 553 g/mol. The van der Waals surface area contributed by atoms with Crippen LogP contribution in [0, 0.1) is 0 Å². The van der Waals surface area contributed by atoms with E-state index in [1.165, 1.54) is 11.1 Å². The van der Waals surface area contributed by atoms with E-state index < -0.39 is 0 Å². The Hall–Kier alpha value is -2.07. The quantitative estimate of drug-likeness (QED) is 0.298. The van der Waals surface area contributed by atoms with Crippen LogP contribution in [0.4, 0.5) is 5.82 Å². The van der Waals surface area contributed by atoms with Crippen molar-refractivity contribution in [3.8, 4) is 5.75 Å². The van der Waals surface area contributed by atoms with Crippen LogP contribution >= 0.6 is 24.0 Å². The fourth-order valence-electron chi connectivity index (χ4n) is 3.69. The normalized spacial score (nSPS) is 15.6. The fraction of sp³-hybridized carbons (Fsp3) is 0.500. The maximum Gasteiger partial charge on any atom is 0.191 e. The zero-order valence-electron chi connectivity index (χ0n) is 19.7. The Morgan fingerprint density at radius 2 is 1.84 bits per heavy atom. The van der Waals surface area contributed by atoms with Crippen LogP contribution in [0.15, 0.2) is 47.6 Å². The molecule has 2 aromatic rings. The van der Waals surface area contributed by atoms with Crippen molar-refractivity contribution in [1.82, 2.24) is 20.5 Å². The fourth-order valence-corrected chi connectivity index (χ4v) is 3.69. The van der Waals surface area contributed by atoms with Crippen molar-refractivity contribution in [1.29, 1.82) is 0 Å². The summed E-state index contributed by atoms with van der Waals surface area (Å²) < 4.78 is 5.24. The molecule has 1 saturated heterocycles. The number of rotatable bonds is 8. The molecule has 7 nitrogen and oxygen atoms in total. The first-order valence-corrected chi connectivity index (χ1v) is 11.1. The highest BCUT2D eigenvalue weighted by Gasteiger charge is 2.15. The van der Waals surface area contributed by atoms with Gasteiger partial charge in [-0.2, -0.15) is 0 Å². The lowest BCUT2D eigenvalue weighted by Gasteiger charge is -2.33. The molecular weight excluding hydrogens is 515 g/mol. The van der Waals surface area contributed by atoms with Gasteiger partial charge in [0, 0.05) is 52.5 Å². The number of hydrogen-bond acceptors (Lipinski definition) is 5. The van der Waals surface area contributed by atoms with Crippen LogP contribution in [0.5, 0.6) is 5.75 Å². The van der Waals surface area contributed by atoms with Gasteiger partial charge >= 0.3 is 0 Å². The van der Waals surface area contributed by atoms with E-state index in [0.29, 0.717) is 5.92 Å². The maximum atomic E-state index is 5.24. The van der Waals surface area contributed by atoms with E-state index in [0.717, 1.165) is 63.2 Å². The first kappa shape index (κ1) is 26.2. The number of nitrogens with one attached hydrogen (secondary N) is 2. The Morgan fingerprint density at radius 1 is 1.12 bits per heavy atom.